The first-order valence-electron chi connectivity index (χ1n) is 13.7. The molecule has 3 aromatic rings. The van der Waals surface area contributed by atoms with Gasteiger partial charge in [-0.25, -0.2) is 4.79 Å². The highest BCUT2D eigenvalue weighted by Gasteiger charge is 2.50. The number of ether oxygens (including phenoxy) is 1. The van der Waals surface area contributed by atoms with Crippen molar-refractivity contribution in [1.82, 2.24) is 10.2 Å². The van der Waals surface area contributed by atoms with E-state index in [0.717, 1.165) is 5.56 Å². The lowest BCUT2D eigenvalue weighted by molar-refractivity contribution is -0.156. The van der Waals surface area contributed by atoms with E-state index in [1.807, 2.05) is 52.0 Å². The fraction of sp³-hybridized carbons (Fsp3) is 0.364. The van der Waals surface area contributed by atoms with Gasteiger partial charge >= 0.3 is 5.97 Å². The molecule has 7 nitrogen and oxygen atoms in total. The Morgan fingerprint density at radius 3 is 2.34 bits per heavy atom. The molecule has 1 saturated heterocycles. The molecule has 0 aliphatic carbocycles. The Kier molecular flexibility index (Phi) is 8.90. The van der Waals surface area contributed by atoms with Crippen molar-refractivity contribution in [2.75, 3.05) is 20.2 Å². The minimum Gasteiger partial charge on any atom is -0.465 e. The van der Waals surface area contributed by atoms with Crippen LogP contribution in [0.5, 0.6) is 0 Å². The van der Waals surface area contributed by atoms with Gasteiger partial charge in [0.15, 0.2) is 0 Å². The molecule has 1 heterocycles. The summed E-state index contributed by atoms with van der Waals surface area (Å²) in [6, 6.07) is 20.8. The normalized spacial score (nSPS) is 19.6. The Labute approximate surface area is 246 Å². The number of carbonyl (C=O) groups excluding carboxylic acids is 3. The Bertz CT molecular complexity index is 1440. The summed E-state index contributed by atoms with van der Waals surface area (Å²) in [5.74, 6) is -1.33. The highest BCUT2D eigenvalue weighted by molar-refractivity contribution is 6.30. The average Bonchev–Trinajstić information content (AvgIpc) is 2.97. The largest absolute Gasteiger partial charge is 0.465 e. The monoisotopic (exact) mass is 576 g/mol. The maximum absolute atomic E-state index is 13.5. The van der Waals surface area contributed by atoms with Crippen molar-refractivity contribution in [2.45, 2.75) is 45.8 Å². The standard InChI is InChI=1S/C33H37ClN2O5/c1-21(30(38)36-18-17-33(40,32(3,4)20-36)25-13-15-26(34)16-14-25)22(2)35-29(37)24-10-8-9-23(19-24)27-11-6-7-12-28(27)31(39)41-5/h6-16,19,21-22,40H,17-18,20H2,1-5H3,(H,35,37)/t21-,22?,33+/m1/s1. The van der Waals surface area contributed by atoms with E-state index >= 15 is 0 Å². The molecule has 0 radical (unpaired) electrons. The summed E-state index contributed by atoms with van der Waals surface area (Å²) in [6.45, 7) is 8.31. The second-order valence-electron chi connectivity index (χ2n) is 11.4. The number of piperidine rings is 1. The number of esters is 1. The second kappa shape index (κ2) is 12.0. The summed E-state index contributed by atoms with van der Waals surface area (Å²) in [7, 11) is 1.33. The lowest BCUT2D eigenvalue weighted by atomic mass is 9.66. The number of hydrogen-bond donors (Lipinski definition) is 2. The van der Waals surface area contributed by atoms with Gasteiger partial charge in [-0.15, -0.1) is 0 Å². The van der Waals surface area contributed by atoms with Crippen LogP contribution >= 0.6 is 11.6 Å². The first-order chi connectivity index (χ1) is 19.4. The Morgan fingerprint density at radius 2 is 1.68 bits per heavy atom. The van der Waals surface area contributed by atoms with Crippen molar-refractivity contribution in [3.63, 3.8) is 0 Å². The molecule has 1 aliphatic rings. The molecule has 8 heteroatoms. The van der Waals surface area contributed by atoms with Crippen molar-refractivity contribution in [3.8, 4) is 11.1 Å². The predicted octanol–water partition coefficient (Wildman–Crippen LogP) is 5.69. The van der Waals surface area contributed by atoms with Gasteiger partial charge in [0.1, 0.15) is 0 Å². The molecule has 216 valence electrons. The van der Waals surface area contributed by atoms with Crippen LogP contribution in [-0.4, -0.2) is 54.0 Å². The van der Waals surface area contributed by atoms with E-state index in [1.54, 1.807) is 53.4 Å². The number of methoxy groups -OCH3 is 1. The molecule has 4 rings (SSSR count). The number of hydrogen-bond acceptors (Lipinski definition) is 5. The topological polar surface area (TPSA) is 95.9 Å². The van der Waals surface area contributed by atoms with Gasteiger partial charge in [0, 0.05) is 35.1 Å². The molecule has 41 heavy (non-hydrogen) atoms. The minimum atomic E-state index is -1.10. The van der Waals surface area contributed by atoms with Gasteiger partial charge in [-0.1, -0.05) is 74.8 Å². The van der Waals surface area contributed by atoms with Gasteiger partial charge in [-0.2, -0.15) is 0 Å². The summed E-state index contributed by atoms with van der Waals surface area (Å²) in [5.41, 5.74) is 1.27. The zero-order chi connectivity index (χ0) is 29.9. The van der Waals surface area contributed by atoms with E-state index in [1.165, 1.54) is 7.11 Å². The molecule has 0 aromatic heterocycles. The summed E-state index contributed by atoms with van der Waals surface area (Å²) >= 11 is 6.05. The van der Waals surface area contributed by atoms with Crippen LogP contribution in [0.1, 0.15) is 60.4 Å². The molecule has 3 atom stereocenters. The van der Waals surface area contributed by atoms with Gasteiger partial charge in [0.05, 0.1) is 24.2 Å². The van der Waals surface area contributed by atoms with Crippen LogP contribution in [0.25, 0.3) is 11.1 Å². The van der Waals surface area contributed by atoms with Crippen LogP contribution in [0.4, 0.5) is 0 Å². The fourth-order valence-corrected chi connectivity index (χ4v) is 5.66. The van der Waals surface area contributed by atoms with Crippen molar-refractivity contribution in [2.24, 2.45) is 11.3 Å². The number of amides is 2. The number of halogens is 1. The third kappa shape index (κ3) is 6.16. The first-order valence-corrected chi connectivity index (χ1v) is 14.1. The van der Waals surface area contributed by atoms with E-state index in [2.05, 4.69) is 5.32 Å². The molecule has 1 fully saturated rings. The van der Waals surface area contributed by atoms with E-state index < -0.39 is 28.9 Å². The van der Waals surface area contributed by atoms with Crippen LogP contribution in [0.3, 0.4) is 0 Å². The molecule has 1 unspecified atom stereocenters. The Balaban J connectivity index is 1.44. The van der Waals surface area contributed by atoms with Gasteiger partial charge in [0.2, 0.25) is 5.91 Å². The van der Waals surface area contributed by atoms with Gasteiger partial charge in [-0.3, -0.25) is 9.59 Å². The molecule has 1 aliphatic heterocycles. The highest BCUT2D eigenvalue weighted by atomic mass is 35.5. The second-order valence-corrected chi connectivity index (χ2v) is 11.9. The van der Waals surface area contributed by atoms with Crippen molar-refractivity contribution < 1.29 is 24.2 Å². The number of nitrogens with zero attached hydrogens (tertiary/aromatic N) is 1. The van der Waals surface area contributed by atoms with Gasteiger partial charge in [-0.05, 0) is 60.4 Å². The van der Waals surface area contributed by atoms with Crippen molar-refractivity contribution in [3.05, 3.63) is 94.5 Å². The maximum atomic E-state index is 13.5. The molecule has 0 saturated carbocycles. The summed E-state index contributed by atoms with van der Waals surface area (Å²) in [6.07, 6.45) is 0.390. The van der Waals surface area contributed by atoms with E-state index in [9.17, 15) is 19.5 Å². The molecule has 3 aromatic carbocycles. The summed E-state index contributed by atoms with van der Waals surface area (Å²) in [4.78, 5) is 40.8. The molecule has 0 bridgehead atoms. The van der Waals surface area contributed by atoms with Crippen molar-refractivity contribution >= 4 is 29.4 Å². The number of nitrogens with one attached hydrogen (secondary N) is 1. The molecular formula is C33H37ClN2O5. The van der Waals surface area contributed by atoms with E-state index in [0.29, 0.717) is 46.8 Å². The minimum absolute atomic E-state index is 0.0789. The fourth-order valence-electron chi connectivity index (χ4n) is 5.54. The van der Waals surface area contributed by atoms with E-state index in [-0.39, 0.29) is 11.8 Å². The Hall–Kier alpha value is -3.68. The zero-order valence-corrected chi connectivity index (χ0v) is 24.9. The molecule has 2 amide bonds. The maximum Gasteiger partial charge on any atom is 0.338 e. The number of likely N-dealkylation sites (tertiary alicyclic amines) is 1. The van der Waals surface area contributed by atoms with Gasteiger partial charge < -0.3 is 20.1 Å². The van der Waals surface area contributed by atoms with Crippen molar-refractivity contribution in [1.29, 1.82) is 0 Å². The summed E-state index contributed by atoms with van der Waals surface area (Å²) < 4.78 is 4.91. The van der Waals surface area contributed by atoms with Crippen LogP contribution in [0.2, 0.25) is 5.02 Å². The lowest BCUT2D eigenvalue weighted by Crippen LogP contribution is -2.58. The van der Waals surface area contributed by atoms with E-state index in [4.69, 9.17) is 16.3 Å². The summed E-state index contributed by atoms with van der Waals surface area (Å²) in [5, 5.41) is 15.2. The smallest absolute Gasteiger partial charge is 0.338 e. The molecule has 0 spiro atoms. The molecule has 2 N–H and O–H groups in total. The highest BCUT2D eigenvalue weighted by Crippen LogP contribution is 2.46. The number of rotatable bonds is 7. The first kappa shape index (κ1) is 30.3. The van der Waals surface area contributed by atoms with Gasteiger partial charge in [0.25, 0.3) is 5.91 Å². The third-order valence-electron chi connectivity index (χ3n) is 8.35. The van der Waals surface area contributed by atoms with Crippen LogP contribution in [0, 0.1) is 11.3 Å². The van der Waals surface area contributed by atoms with Crippen LogP contribution in [0.15, 0.2) is 72.8 Å². The predicted molar refractivity (Wildman–Crippen MR) is 160 cm³/mol. The number of aliphatic hydroxyl groups is 1. The zero-order valence-electron chi connectivity index (χ0n) is 24.1. The third-order valence-corrected chi connectivity index (χ3v) is 8.60. The number of benzene rings is 3. The lowest BCUT2D eigenvalue weighted by Gasteiger charge is -2.51. The van der Waals surface area contributed by atoms with Crippen LogP contribution in [-0.2, 0) is 15.1 Å². The number of carbonyl (C=O) groups is 3. The van der Waals surface area contributed by atoms with Crippen LogP contribution < -0.4 is 5.32 Å². The SMILES string of the molecule is COC(=O)c1ccccc1-c1cccc(C(=O)NC(C)[C@@H](C)C(=O)N2CC[C@](O)(c3ccc(Cl)cc3)C(C)(C)C2)c1. The molecular weight excluding hydrogens is 540 g/mol. The Morgan fingerprint density at radius 1 is 1.00 bits per heavy atom. The quantitative estimate of drug-likeness (QED) is 0.352. The average molecular weight is 577 g/mol.